The third kappa shape index (κ3) is 4.83. The molecule has 0 bridgehead atoms. The predicted molar refractivity (Wildman–Crippen MR) is 160 cm³/mol. The number of rotatable bonds is 5. The summed E-state index contributed by atoms with van der Waals surface area (Å²) >= 11 is 0. The zero-order valence-electron chi connectivity index (χ0n) is 23.7. The molecule has 1 saturated carbocycles. The van der Waals surface area contributed by atoms with Gasteiger partial charge in [0.15, 0.2) is 5.54 Å². The molecule has 3 aromatic carbocycles. The Morgan fingerprint density at radius 2 is 1.52 bits per heavy atom. The first-order valence-corrected chi connectivity index (χ1v) is 14.8. The van der Waals surface area contributed by atoms with E-state index in [9.17, 15) is 9.59 Å². The van der Waals surface area contributed by atoms with Crippen molar-refractivity contribution in [2.75, 3.05) is 0 Å². The summed E-state index contributed by atoms with van der Waals surface area (Å²) in [4.78, 5) is 31.2. The molecule has 0 radical (unpaired) electrons. The normalized spacial score (nSPS) is 20.1. The summed E-state index contributed by atoms with van der Waals surface area (Å²) < 4.78 is 2.08. The summed E-state index contributed by atoms with van der Waals surface area (Å²) in [5, 5.41) is 4.50. The number of benzene rings is 3. The van der Waals surface area contributed by atoms with Crippen LogP contribution in [-0.2, 0) is 23.4 Å². The van der Waals surface area contributed by atoms with Gasteiger partial charge in [-0.15, -0.1) is 0 Å². The molecule has 1 aliphatic heterocycles. The minimum absolute atomic E-state index is 0.0788. The Balaban J connectivity index is 1.52. The minimum atomic E-state index is -1.19. The van der Waals surface area contributed by atoms with Crippen LogP contribution in [0.1, 0.15) is 77.7 Å². The molecule has 1 N–H and O–H groups in total. The Bertz CT molecular complexity index is 1510. The van der Waals surface area contributed by atoms with E-state index >= 15 is 0 Å². The van der Waals surface area contributed by atoms with E-state index in [2.05, 4.69) is 66.2 Å². The van der Waals surface area contributed by atoms with E-state index in [1.54, 1.807) is 0 Å². The smallest absolute Gasteiger partial charge is 0.272 e. The fourth-order valence-corrected chi connectivity index (χ4v) is 6.61. The van der Waals surface area contributed by atoms with Gasteiger partial charge in [-0.3, -0.25) is 9.59 Å². The van der Waals surface area contributed by atoms with Gasteiger partial charge in [-0.1, -0.05) is 104 Å². The zero-order chi connectivity index (χ0) is 27.7. The van der Waals surface area contributed by atoms with Gasteiger partial charge in [0.2, 0.25) is 0 Å². The van der Waals surface area contributed by atoms with E-state index in [0.29, 0.717) is 18.8 Å². The van der Waals surface area contributed by atoms with Crippen LogP contribution in [0.4, 0.5) is 0 Å². The van der Waals surface area contributed by atoms with Gasteiger partial charge in [-0.25, -0.2) is 0 Å². The lowest BCUT2D eigenvalue weighted by Crippen LogP contribution is -2.64. The molecular weight excluding hydrogens is 494 g/mol. The van der Waals surface area contributed by atoms with Crippen molar-refractivity contribution >= 4 is 22.7 Å². The van der Waals surface area contributed by atoms with Gasteiger partial charge in [0, 0.05) is 23.5 Å². The van der Waals surface area contributed by atoms with Gasteiger partial charge >= 0.3 is 0 Å². The van der Waals surface area contributed by atoms with Crippen LogP contribution >= 0.6 is 0 Å². The summed E-state index contributed by atoms with van der Waals surface area (Å²) in [7, 11) is 0. The molecule has 206 valence electrons. The molecule has 0 unspecified atom stereocenters. The lowest BCUT2D eigenvalue weighted by molar-refractivity contribution is -0.136. The Morgan fingerprint density at radius 3 is 2.25 bits per heavy atom. The van der Waals surface area contributed by atoms with E-state index in [0.717, 1.165) is 53.3 Å². The van der Waals surface area contributed by atoms with Crippen molar-refractivity contribution in [1.82, 2.24) is 14.8 Å². The van der Waals surface area contributed by atoms with Crippen LogP contribution < -0.4 is 5.32 Å². The topological polar surface area (TPSA) is 54.3 Å². The molecule has 4 aromatic rings. The number of carbonyl (C=O) groups is 2. The number of nitrogens with zero attached hydrogens (tertiary/aromatic N) is 2. The van der Waals surface area contributed by atoms with Crippen LogP contribution in [0.5, 0.6) is 0 Å². The first-order valence-electron chi connectivity index (χ1n) is 14.8. The summed E-state index contributed by atoms with van der Waals surface area (Å²) in [6.45, 7) is 4.86. The van der Waals surface area contributed by atoms with Crippen molar-refractivity contribution in [2.45, 2.75) is 83.5 Å². The highest BCUT2D eigenvalue weighted by Gasteiger charge is 2.52. The highest BCUT2D eigenvalue weighted by molar-refractivity contribution is 6.04. The standard InChI is InChI=1S/C35H39N3O2/c1-25-15-18-27(19-16-25)23-38-33(39)32-22-28-20-17-26(2)21-31(28)37(32)24-35(38,29-11-7-6-8-12-29)34(40)36-30-13-9-4-3-5-10-14-30/h6-8,11-12,15-22,30H,3-5,9-10,13-14,23-24H2,1-2H3,(H,36,40)/t35-/m0/s1. The fourth-order valence-electron chi connectivity index (χ4n) is 6.61. The van der Waals surface area contributed by atoms with Crippen molar-refractivity contribution in [3.8, 4) is 0 Å². The average Bonchev–Trinajstić information content (AvgIpc) is 3.30. The molecule has 0 saturated heterocycles. The second-order valence-electron chi connectivity index (χ2n) is 11.8. The molecular formula is C35H39N3O2. The third-order valence-corrected chi connectivity index (χ3v) is 8.90. The maximum Gasteiger partial charge on any atom is 0.272 e. The number of amides is 2. The molecule has 5 heteroatoms. The molecule has 0 spiro atoms. The molecule has 40 heavy (non-hydrogen) atoms. The van der Waals surface area contributed by atoms with Crippen molar-refractivity contribution in [3.63, 3.8) is 0 Å². The summed E-state index contributed by atoms with van der Waals surface area (Å²) in [5.74, 6) is -0.192. The number of hydrogen-bond acceptors (Lipinski definition) is 2. The quantitative estimate of drug-likeness (QED) is 0.299. The molecule has 1 fully saturated rings. The average molecular weight is 534 g/mol. The number of nitrogens with one attached hydrogen (secondary N) is 1. The van der Waals surface area contributed by atoms with E-state index < -0.39 is 5.54 Å². The minimum Gasteiger partial charge on any atom is -0.351 e. The van der Waals surface area contributed by atoms with Crippen LogP contribution in [0.3, 0.4) is 0 Å². The van der Waals surface area contributed by atoms with Gasteiger partial charge in [-0.2, -0.15) is 0 Å². The van der Waals surface area contributed by atoms with Crippen molar-refractivity contribution < 1.29 is 9.59 Å². The SMILES string of the molecule is Cc1ccc(CN2C(=O)c3cc4ccc(C)cc4n3C[C@@]2(C(=O)NC2CCCCCCC2)c2ccccc2)cc1. The van der Waals surface area contributed by atoms with Gasteiger partial charge in [0.25, 0.3) is 11.8 Å². The highest BCUT2D eigenvalue weighted by atomic mass is 16.2. The molecule has 6 rings (SSSR count). The Kier molecular flexibility index (Phi) is 7.22. The monoisotopic (exact) mass is 533 g/mol. The Labute approximate surface area is 237 Å². The largest absolute Gasteiger partial charge is 0.351 e. The molecule has 2 aliphatic rings. The first kappa shape index (κ1) is 26.4. The van der Waals surface area contributed by atoms with Gasteiger partial charge in [0.1, 0.15) is 5.69 Å². The Morgan fingerprint density at radius 1 is 0.850 bits per heavy atom. The fraction of sp³-hybridized carbons (Fsp3) is 0.371. The van der Waals surface area contributed by atoms with Crippen molar-refractivity contribution in [2.24, 2.45) is 0 Å². The third-order valence-electron chi connectivity index (χ3n) is 8.90. The van der Waals surface area contributed by atoms with Crippen LogP contribution in [0.15, 0.2) is 78.9 Å². The highest BCUT2D eigenvalue weighted by Crippen LogP contribution is 2.40. The maximum absolute atomic E-state index is 14.8. The van der Waals surface area contributed by atoms with Crippen LogP contribution in [0.25, 0.3) is 10.9 Å². The summed E-state index contributed by atoms with van der Waals surface area (Å²) in [6.07, 6.45) is 7.93. The lowest BCUT2D eigenvalue weighted by atomic mass is 9.83. The maximum atomic E-state index is 14.8. The number of hydrogen-bond donors (Lipinski definition) is 1. The van der Waals surface area contributed by atoms with Gasteiger partial charge in [0.05, 0.1) is 6.54 Å². The number of aromatic nitrogens is 1. The number of aryl methyl sites for hydroxylation is 2. The first-order chi connectivity index (χ1) is 19.5. The lowest BCUT2D eigenvalue weighted by Gasteiger charge is -2.47. The Hall–Kier alpha value is -3.86. The van der Waals surface area contributed by atoms with Crippen LogP contribution in [0.2, 0.25) is 0 Å². The van der Waals surface area contributed by atoms with Crippen molar-refractivity contribution in [1.29, 1.82) is 0 Å². The molecule has 2 amide bonds. The second kappa shape index (κ2) is 11.0. The molecule has 1 atom stereocenters. The van der Waals surface area contributed by atoms with E-state index in [-0.39, 0.29) is 17.9 Å². The van der Waals surface area contributed by atoms with E-state index in [1.165, 1.54) is 24.8 Å². The summed E-state index contributed by atoms with van der Waals surface area (Å²) in [5.41, 5.74) is 4.61. The molecule has 5 nitrogen and oxygen atoms in total. The molecule has 2 heterocycles. The van der Waals surface area contributed by atoms with Gasteiger partial charge < -0.3 is 14.8 Å². The van der Waals surface area contributed by atoms with Gasteiger partial charge in [-0.05, 0) is 55.5 Å². The summed E-state index contributed by atoms with van der Waals surface area (Å²) in [6, 6.07) is 26.6. The van der Waals surface area contributed by atoms with E-state index in [4.69, 9.17) is 0 Å². The van der Waals surface area contributed by atoms with Crippen LogP contribution in [-0.4, -0.2) is 27.3 Å². The number of carbonyl (C=O) groups excluding carboxylic acids is 2. The molecule has 1 aromatic heterocycles. The molecule has 1 aliphatic carbocycles. The number of fused-ring (bicyclic) bond motifs is 3. The zero-order valence-corrected chi connectivity index (χ0v) is 23.7. The van der Waals surface area contributed by atoms with Crippen molar-refractivity contribution in [3.05, 3.63) is 107 Å². The van der Waals surface area contributed by atoms with E-state index in [1.807, 2.05) is 41.3 Å². The predicted octanol–water partition coefficient (Wildman–Crippen LogP) is 7.04. The van der Waals surface area contributed by atoms with Crippen LogP contribution in [0, 0.1) is 13.8 Å². The second-order valence-corrected chi connectivity index (χ2v) is 11.8.